The standard InChI is InChI=1S/C26H23N2/c1-17-13-21(20-9-7-6-8-10-20)16-25(19(17)3)26-24-12-11-23(27-4)15-22(24)14-18(2)28(26)5/h6-16H,1-3,5H3/q+1/i14D. The van der Waals surface area contributed by atoms with Gasteiger partial charge in [-0.3, -0.25) is 0 Å². The number of aryl methyl sites for hydroxylation is 1. The maximum absolute atomic E-state index is 8.61. The fourth-order valence-electron chi connectivity index (χ4n) is 3.77. The molecule has 0 N–H and O–H groups in total. The topological polar surface area (TPSA) is 8.24 Å². The molecule has 4 aromatic rings. The Labute approximate surface area is 167 Å². The van der Waals surface area contributed by atoms with Crippen LogP contribution in [0, 0.1) is 27.3 Å². The van der Waals surface area contributed by atoms with Crippen molar-refractivity contribution in [3.8, 4) is 22.4 Å². The third-order valence-corrected chi connectivity index (χ3v) is 5.57. The molecule has 2 heteroatoms. The van der Waals surface area contributed by atoms with E-state index >= 15 is 0 Å². The molecule has 0 radical (unpaired) electrons. The minimum absolute atomic E-state index is 0.477. The fourth-order valence-corrected chi connectivity index (χ4v) is 3.77. The van der Waals surface area contributed by atoms with Crippen LogP contribution < -0.4 is 4.57 Å². The van der Waals surface area contributed by atoms with Gasteiger partial charge in [0.05, 0.1) is 18.9 Å². The highest BCUT2D eigenvalue weighted by molar-refractivity contribution is 5.96. The van der Waals surface area contributed by atoms with Gasteiger partial charge in [-0.15, -0.1) is 0 Å². The Morgan fingerprint density at radius 1 is 0.929 bits per heavy atom. The van der Waals surface area contributed by atoms with Crippen LogP contribution >= 0.6 is 0 Å². The lowest BCUT2D eigenvalue weighted by molar-refractivity contribution is -0.665. The summed E-state index contributed by atoms with van der Waals surface area (Å²) in [6, 6.07) is 21.0. The first kappa shape index (κ1) is 16.7. The summed E-state index contributed by atoms with van der Waals surface area (Å²) in [6.45, 7) is 13.6. The molecule has 3 aromatic carbocycles. The van der Waals surface area contributed by atoms with Crippen LogP contribution in [0.25, 0.3) is 38.0 Å². The van der Waals surface area contributed by atoms with Gasteiger partial charge in [0.1, 0.15) is 7.05 Å². The van der Waals surface area contributed by atoms with Crippen LogP contribution in [-0.2, 0) is 7.05 Å². The van der Waals surface area contributed by atoms with Gasteiger partial charge in [-0.05, 0) is 53.6 Å². The van der Waals surface area contributed by atoms with Crippen molar-refractivity contribution in [3.05, 3.63) is 94.9 Å². The van der Waals surface area contributed by atoms with E-state index < -0.39 is 0 Å². The number of aromatic nitrogens is 1. The SMILES string of the molecule is [2H]c1c(C)[n+](C)c(-c2cc(-c3ccccc3)cc(C)c2C)c2ccc([N+]#[C-])cc12. The largest absolute Gasteiger partial charge is 0.238 e. The molecule has 0 amide bonds. The second kappa shape index (κ2) is 6.94. The Hall–Kier alpha value is -3.44. The first-order valence-electron chi connectivity index (χ1n) is 9.90. The molecule has 0 aliphatic carbocycles. The van der Waals surface area contributed by atoms with Gasteiger partial charge < -0.3 is 0 Å². The van der Waals surface area contributed by atoms with Crippen molar-refractivity contribution in [2.24, 2.45) is 7.05 Å². The highest BCUT2D eigenvalue weighted by Gasteiger charge is 2.21. The van der Waals surface area contributed by atoms with Gasteiger partial charge in [-0.25, -0.2) is 4.85 Å². The summed E-state index contributed by atoms with van der Waals surface area (Å²) in [4.78, 5) is 3.56. The molecule has 0 saturated heterocycles. The number of rotatable bonds is 2. The number of hydrogen-bond acceptors (Lipinski definition) is 0. The highest BCUT2D eigenvalue weighted by Crippen LogP contribution is 2.35. The second-order valence-electron chi connectivity index (χ2n) is 7.29. The van der Waals surface area contributed by atoms with E-state index in [0.29, 0.717) is 11.7 Å². The summed E-state index contributed by atoms with van der Waals surface area (Å²) < 4.78 is 10.7. The molecule has 0 unspecified atom stereocenters. The average molecular weight is 364 g/mol. The van der Waals surface area contributed by atoms with E-state index in [2.05, 4.69) is 59.7 Å². The molecule has 28 heavy (non-hydrogen) atoms. The lowest BCUT2D eigenvalue weighted by Crippen LogP contribution is -2.35. The summed E-state index contributed by atoms with van der Waals surface area (Å²) in [7, 11) is 2.02. The van der Waals surface area contributed by atoms with Gasteiger partial charge in [0.15, 0.2) is 11.4 Å². The Morgan fingerprint density at radius 3 is 2.39 bits per heavy atom. The second-order valence-corrected chi connectivity index (χ2v) is 7.29. The highest BCUT2D eigenvalue weighted by atomic mass is 14.9. The van der Waals surface area contributed by atoms with Crippen molar-refractivity contribution >= 4 is 16.5 Å². The Balaban J connectivity index is 2.10. The van der Waals surface area contributed by atoms with E-state index in [1.54, 1.807) is 0 Å². The molecule has 136 valence electrons. The van der Waals surface area contributed by atoms with Crippen molar-refractivity contribution in [2.45, 2.75) is 20.8 Å². The third kappa shape index (κ3) is 2.96. The Kier molecular flexibility index (Phi) is 4.14. The molecule has 2 nitrogen and oxygen atoms in total. The van der Waals surface area contributed by atoms with Gasteiger partial charge in [-0.1, -0.05) is 48.5 Å². The maximum atomic E-state index is 8.61. The lowest BCUT2D eigenvalue weighted by atomic mass is 9.91. The van der Waals surface area contributed by atoms with E-state index in [0.717, 1.165) is 27.7 Å². The first-order chi connectivity index (χ1) is 13.9. The number of benzene rings is 3. The van der Waals surface area contributed by atoms with Gasteiger partial charge in [0.2, 0.25) is 5.69 Å². The summed E-state index contributed by atoms with van der Waals surface area (Å²) >= 11 is 0. The van der Waals surface area contributed by atoms with Crippen molar-refractivity contribution in [2.75, 3.05) is 0 Å². The summed E-state index contributed by atoms with van der Waals surface area (Å²) in [5, 5.41) is 1.83. The van der Waals surface area contributed by atoms with Gasteiger partial charge in [0.25, 0.3) is 0 Å². The molecule has 0 atom stereocenters. The van der Waals surface area contributed by atoms with Crippen molar-refractivity contribution in [1.82, 2.24) is 0 Å². The third-order valence-electron chi connectivity index (χ3n) is 5.57. The molecule has 1 aromatic heterocycles. The van der Waals surface area contributed by atoms with Gasteiger partial charge in [0, 0.05) is 13.0 Å². The van der Waals surface area contributed by atoms with Gasteiger partial charge in [-0.2, -0.15) is 4.57 Å². The Bertz CT molecular complexity index is 1300. The lowest BCUT2D eigenvalue weighted by Gasteiger charge is -2.14. The molecule has 0 spiro atoms. The minimum atomic E-state index is 0.477. The summed E-state index contributed by atoms with van der Waals surface area (Å²) in [5.74, 6) is 0. The predicted octanol–water partition coefficient (Wildman–Crippen LogP) is 6.47. The van der Waals surface area contributed by atoms with Crippen LogP contribution in [0.15, 0.2) is 66.7 Å². The number of hydrogen-bond donors (Lipinski definition) is 0. The molecule has 0 aliphatic rings. The first-order valence-corrected chi connectivity index (χ1v) is 9.40. The van der Waals surface area contributed by atoms with Crippen molar-refractivity contribution in [3.63, 3.8) is 0 Å². The normalized spacial score (nSPS) is 11.3. The maximum Gasteiger partial charge on any atom is 0.220 e. The zero-order valence-corrected chi connectivity index (χ0v) is 16.7. The smallest absolute Gasteiger partial charge is 0.220 e. The van der Waals surface area contributed by atoms with Crippen LogP contribution in [0.4, 0.5) is 5.69 Å². The van der Waals surface area contributed by atoms with Crippen molar-refractivity contribution in [1.29, 1.82) is 0 Å². The average Bonchev–Trinajstić information content (AvgIpc) is 2.75. The van der Waals surface area contributed by atoms with E-state index in [4.69, 9.17) is 7.94 Å². The molecular formula is C26H23N2+. The number of fused-ring (bicyclic) bond motifs is 1. The molecule has 0 fully saturated rings. The van der Waals surface area contributed by atoms with Crippen molar-refractivity contribution < 1.29 is 5.94 Å². The summed E-state index contributed by atoms with van der Waals surface area (Å²) in [6.07, 6.45) is 0. The molecule has 1 heterocycles. The zero-order chi connectivity index (χ0) is 20.7. The molecule has 0 saturated carbocycles. The van der Waals surface area contributed by atoms with Crippen LogP contribution in [-0.4, -0.2) is 0 Å². The Morgan fingerprint density at radius 2 is 1.68 bits per heavy atom. The minimum Gasteiger partial charge on any atom is -0.238 e. The predicted molar refractivity (Wildman–Crippen MR) is 116 cm³/mol. The molecule has 0 aliphatic heterocycles. The zero-order valence-electron chi connectivity index (χ0n) is 17.7. The monoisotopic (exact) mass is 364 g/mol. The van der Waals surface area contributed by atoms with Gasteiger partial charge >= 0.3 is 0 Å². The quantitative estimate of drug-likeness (QED) is 0.284. The fraction of sp³-hybridized carbons (Fsp3) is 0.154. The van der Waals surface area contributed by atoms with E-state index in [1.165, 1.54) is 22.3 Å². The van der Waals surface area contributed by atoms with Crippen LogP contribution in [0.1, 0.15) is 18.2 Å². The summed E-state index contributed by atoms with van der Waals surface area (Å²) in [5.41, 5.74) is 8.54. The van der Waals surface area contributed by atoms with E-state index in [-0.39, 0.29) is 0 Å². The van der Waals surface area contributed by atoms with Crippen LogP contribution in [0.5, 0.6) is 0 Å². The van der Waals surface area contributed by atoms with E-state index in [9.17, 15) is 0 Å². The number of pyridine rings is 1. The molecule has 4 rings (SSSR count). The van der Waals surface area contributed by atoms with Crippen LogP contribution in [0.2, 0.25) is 0 Å². The number of nitrogens with zero attached hydrogens (tertiary/aromatic N) is 2. The molecular weight excluding hydrogens is 340 g/mol. The molecule has 0 bridgehead atoms. The van der Waals surface area contributed by atoms with Crippen LogP contribution in [0.3, 0.4) is 0 Å². The van der Waals surface area contributed by atoms with E-state index in [1.807, 2.05) is 38.2 Å².